The second-order valence-electron chi connectivity index (χ2n) is 4.87. The van der Waals surface area contributed by atoms with Crippen LogP contribution < -0.4 is 0 Å². The van der Waals surface area contributed by atoms with Gasteiger partial charge in [0.25, 0.3) is 0 Å². The molecule has 1 spiro atoms. The first kappa shape index (κ1) is 13.2. The Labute approximate surface area is 115 Å². The number of rotatable bonds is 2. The molecule has 1 aliphatic heterocycles. The van der Waals surface area contributed by atoms with Gasteiger partial charge in [-0.15, -0.1) is 0 Å². The van der Waals surface area contributed by atoms with E-state index in [9.17, 15) is 9.18 Å². The molecule has 1 fully saturated rings. The van der Waals surface area contributed by atoms with E-state index in [2.05, 4.69) is 4.98 Å². The highest BCUT2D eigenvalue weighted by Gasteiger charge is 2.38. The van der Waals surface area contributed by atoms with E-state index in [0.29, 0.717) is 38.0 Å². The van der Waals surface area contributed by atoms with Crippen molar-refractivity contribution in [3.05, 3.63) is 35.4 Å². The molecule has 0 amide bonds. The quantitative estimate of drug-likeness (QED) is 0.899. The van der Waals surface area contributed by atoms with Crippen LogP contribution in [-0.2, 0) is 9.47 Å². The average molecular weight is 279 g/mol. The van der Waals surface area contributed by atoms with E-state index in [4.69, 9.17) is 14.6 Å². The van der Waals surface area contributed by atoms with Gasteiger partial charge < -0.3 is 14.6 Å². The molecular formula is C14H14FNO4. The lowest BCUT2D eigenvalue weighted by molar-refractivity contribution is -0.159. The maximum atomic E-state index is 13.8. The first-order valence-corrected chi connectivity index (χ1v) is 6.47. The third kappa shape index (κ3) is 2.32. The largest absolute Gasteiger partial charge is 0.477 e. The standard InChI is InChI=1S/C14H14FNO4/c15-10-1-2-11(13(17)18)16-12(10)9-3-5-14(6-4-9)19-7-8-20-14/h1-3H,4-8H2,(H,17,18). The molecule has 20 heavy (non-hydrogen) atoms. The lowest BCUT2D eigenvalue weighted by Gasteiger charge is -2.30. The lowest BCUT2D eigenvalue weighted by Crippen LogP contribution is -2.31. The van der Waals surface area contributed by atoms with Crippen molar-refractivity contribution in [3.63, 3.8) is 0 Å². The zero-order valence-corrected chi connectivity index (χ0v) is 10.8. The number of hydrogen-bond acceptors (Lipinski definition) is 4. The molecule has 0 aromatic carbocycles. The predicted octanol–water partition coefficient (Wildman–Crippen LogP) is 2.23. The minimum atomic E-state index is -1.17. The van der Waals surface area contributed by atoms with Gasteiger partial charge in [-0.2, -0.15) is 0 Å². The summed E-state index contributed by atoms with van der Waals surface area (Å²) in [5.41, 5.74) is 0.657. The van der Waals surface area contributed by atoms with E-state index in [1.165, 1.54) is 0 Å². The molecule has 1 N–H and O–H groups in total. The predicted molar refractivity (Wildman–Crippen MR) is 67.6 cm³/mol. The number of carbonyl (C=O) groups is 1. The molecule has 2 aliphatic rings. The number of hydrogen-bond donors (Lipinski definition) is 1. The number of carboxylic acid groups (broad SMARTS) is 1. The zero-order valence-electron chi connectivity index (χ0n) is 10.8. The number of carboxylic acids is 1. The highest BCUT2D eigenvalue weighted by atomic mass is 19.1. The van der Waals surface area contributed by atoms with Crippen molar-refractivity contribution in [2.45, 2.75) is 25.0 Å². The summed E-state index contributed by atoms with van der Waals surface area (Å²) in [4.78, 5) is 14.8. The van der Waals surface area contributed by atoms with E-state index in [1.54, 1.807) is 0 Å². The van der Waals surface area contributed by atoms with E-state index >= 15 is 0 Å². The fourth-order valence-electron chi connectivity index (χ4n) is 2.57. The van der Waals surface area contributed by atoms with Crippen LogP contribution >= 0.6 is 0 Å². The van der Waals surface area contributed by atoms with Crippen LogP contribution in [0.4, 0.5) is 4.39 Å². The summed E-state index contributed by atoms with van der Waals surface area (Å²) >= 11 is 0. The summed E-state index contributed by atoms with van der Waals surface area (Å²) in [5, 5.41) is 8.92. The minimum Gasteiger partial charge on any atom is -0.477 e. The summed E-state index contributed by atoms with van der Waals surface area (Å²) in [7, 11) is 0. The molecule has 2 heterocycles. The topological polar surface area (TPSA) is 68.7 Å². The minimum absolute atomic E-state index is 0.109. The van der Waals surface area contributed by atoms with Crippen LogP contribution in [0, 0.1) is 5.82 Å². The Hall–Kier alpha value is -1.79. The third-order valence-corrected chi connectivity index (χ3v) is 3.62. The van der Waals surface area contributed by atoms with Gasteiger partial charge in [0, 0.05) is 12.8 Å². The average Bonchev–Trinajstić information content (AvgIpc) is 2.89. The monoisotopic (exact) mass is 279 g/mol. The van der Waals surface area contributed by atoms with Gasteiger partial charge >= 0.3 is 5.97 Å². The molecule has 1 aromatic rings. The van der Waals surface area contributed by atoms with Gasteiger partial charge in [0.05, 0.1) is 13.2 Å². The Morgan fingerprint density at radius 2 is 2.10 bits per heavy atom. The Bertz CT molecular complexity index is 579. The molecule has 5 nitrogen and oxygen atoms in total. The highest BCUT2D eigenvalue weighted by molar-refractivity contribution is 5.85. The summed E-state index contributed by atoms with van der Waals surface area (Å²) in [6.07, 6.45) is 3.52. The molecule has 1 aliphatic carbocycles. The second-order valence-corrected chi connectivity index (χ2v) is 4.87. The van der Waals surface area contributed by atoms with Crippen molar-refractivity contribution in [1.29, 1.82) is 0 Å². The van der Waals surface area contributed by atoms with E-state index < -0.39 is 17.6 Å². The second kappa shape index (κ2) is 4.96. The van der Waals surface area contributed by atoms with E-state index in [1.807, 2.05) is 6.08 Å². The molecule has 1 saturated heterocycles. The number of aromatic carboxylic acids is 1. The van der Waals surface area contributed by atoms with Gasteiger partial charge in [-0.3, -0.25) is 0 Å². The van der Waals surface area contributed by atoms with Gasteiger partial charge in [0.15, 0.2) is 5.79 Å². The number of allylic oxidation sites excluding steroid dienone is 1. The molecule has 1 aromatic heterocycles. The number of pyridine rings is 1. The SMILES string of the molecule is O=C(O)c1ccc(F)c(C2=CCC3(CC2)OCCO3)n1. The highest BCUT2D eigenvalue weighted by Crippen LogP contribution is 2.38. The molecule has 3 rings (SSSR count). The normalized spacial score (nSPS) is 20.9. The Morgan fingerprint density at radius 3 is 2.70 bits per heavy atom. The maximum absolute atomic E-state index is 13.8. The lowest BCUT2D eigenvalue weighted by atomic mass is 9.92. The van der Waals surface area contributed by atoms with Gasteiger partial charge in [-0.05, 0) is 24.1 Å². The van der Waals surface area contributed by atoms with Crippen LogP contribution in [0.15, 0.2) is 18.2 Å². The van der Waals surface area contributed by atoms with E-state index in [0.717, 1.165) is 12.1 Å². The van der Waals surface area contributed by atoms with E-state index in [-0.39, 0.29) is 11.4 Å². The molecular weight excluding hydrogens is 265 g/mol. The van der Waals surface area contributed by atoms with Crippen LogP contribution in [0.2, 0.25) is 0 Å². The zero-order chi connectivity index (χ0) is 14.2. The molecule has 0 bridgehead atoms. The number of nitrogens with zero attached hydrogens (tertiary/aromatic N) is 1. The Kier molecular flexibility index (Phi) is 3.27. The maximum Gasteiger partial charge on any atom is 0.354 e. The third-order valence-electron chi connectivity index (χ3n) is 3.62. The molecule has 0 atom stereocenters. The molecule has 0 saturated carbocycles. The summed E-state index contributed by atoms with van der Waals surface area (Å²) in [5.74, 6) is -2.25. The van der Waals surface area contributed by atoms with Gasteiger partial charge in [-0.1, -0.05) is 6.08 Å². The van der Waals surface area contributed by atoms with Gasteiger partial charge in [0.1, 0.15) is 17.2 Å². The van der Waals surface area contributed by atoms with Crippen molar-refractivity contribution in [3.8, 4) is 0 Å². The Morgan fingerprint density at radius 1 is 1.35 bits per heavy atom. The van der Waals surface area contributed by atoms with Gasteiger partial charge in [-0.25, -0.2) is 14.2 Å². The van der Waals surface area contributed by atoms with Crippen molar-refractivity contribution in [2.24, 2.45) is 0 Å². The first-order chi connectivity index (χ1) is 9.60. The van der Waals surface area contributed by atoms with Crippen molar-refractivity contribution in [2.75, 3.05) is 13.2 Å². The summed E-state index contributed by atoms with van der Waals surface area (Å²) < 4.78 is 25.0. The van der Waals surface area contributed by atoms with Crippen LogP contribution in [-0.4, -0.2) is 35.1 Å². The van der Waals surface area contributed by atoms with Crippen molar-refractivity contribution in [1.82, 2.24) is 4.98 Å². The fraction of sp³-hybridized carbons (Fsp3) is 0.429. The van der Waals surface area contributed by atoms with Crippen LogP contribution in [0.1, 0.15) is 35.4 Å². The molecule has 106 valence electrons. The van der Waals surface area contributed by atoms with Crippen molar-refractivity contribution < 1.29 is 23.8 Å². The molecule has 6 heteroatoms. The number of halogens is 1. The summed E-state index contributed by atoms with van der Waals surface area (Å²) in [6.45, 7) is 1.15. The smallest absolute Gasteiger partial charge is 0.354 e. The molecule has 0 radical (unpaired) electrons. The van der Waals surface area contributed by atoms with Crippen molar-refractivity contribution >= 4 is 11.5 Å². The number of aromatic nitrogens is 1. The first-order valence-electron chi connectivity index (χ1n) is 6.47. The van der Waals surface area contributed by atoms with Crippen LogP contribution in [0.3, 0.4) is 0 Å². The number of ether oxygens (including phenoxy) is 2. The fourth-order valence-corrected chi connectivity index (χ4v) is 2.57. The van der Waals surface area contributed by atoms with Crippen LogP contribution in [0.25, 0.3) is 5.57 Å². The molecule has 0 unspecified atom stereocenters. The summed E-state index contributed by atoms with van der Waals surface area (Å²) in [6, 6.07) is 2.30. The Balaban J connectivity index is 1.88. The van der Waals surface area contributed by atoms with Gasteiger partial charge in [0.2, 0.25) is 0 Å². The van der Waals surface area contributed by atoms with Crippen LogP contribution in [0.5, 0.6) is 0 Å².